The Kier molecular flexibility index (Phi) is 4.07. The Hall–Kier alpha value is -2.93. The molecule has 124 valence electrons. The van der Waals surface area contributed by atoms with Crippen LogP contribution in [0.1, 0.15) is 16.1 Å². The number of rotatable bonds is 4. The van der Waals surface area contributed by atoms with Gasteiger partial charge in [0.25, 0.3) is 5.91 Å². The number of fused-ring (bicyclic) bond motifs is 1. The lowest BCUT2D eigenvalue weighted by atomic mass is 10.2. The first-order chi connectivity index (χ1) is 12.2. The smallest absolute Gasteiger partial charge is 0.257 e. The van der Waals surface area contributed by atoms with Crippen LogP contribution in [-0.2, 0) is 6.54 Å². The standard InChI is InChI=1S/C18H13BrN4O2/c19-13-4-2-12(3-5-13)16-7-6-14(25-16)10-21-18(24)15-11-22-23-9-1-8-20-17(15)23/h1-9,11H,10H2,(H,21,24). The van der Waals surface area contributed by atoms with E-state index in [2.05, 4.69) is 31.3 Å². The zero-order valence-corrected chi connectivity index (χ0v) is 14.6. The molecule has 4 aromatic rings. The van der Waals surface area contributed by atoms with Gasteiger partial charge >= 0.3 is 0 Å². The van der Waals surface area contributed by atoms with Crippen molar-refractivity contribution in [3.8, 4) is 11.3 Å². The first-order valence-corrected chi connectivity index (χ1v) is 8.41. The van der Waals surface area contributed by atoms with Gasteiger partial charge in [0.2, 0.25) is 0 Å². The lowest BCUT2D eigenvalue weighted by molar-refractivity contribution is 0.0949. The van der Waals surface area contributed by atoms with Crippen molar-refractivity contribution >= 4 is 27.5 Å². The third kappa shape index (κ3) is 3.18. The second-order valence-corrected chi connectivity index (χ2v) is 6.32. The molecule has 7 heteroatoms. The van der Waals surface area contributed by atoms with Gasteiger partial charge in [0.1, 0.15) is 17.1 Å². The summed E-state index contributed by atoms with van der Waals surface area (Å²) in [6, 6.07) is 13.3. The van der Waals surface area contributed by atoms with Crippen molar-refractivity contribution in [2.24, 2.45) is 0 Å². The summed E-state index contributed by atoms with van der Waals surface area (Å²) in [5.74, 6) is 1.19. The quantitative estimate of drug-likeness (QED) is 0.570. The molecule has 0 fully saturated rings. The van der Waals surface area contributed by atoms with Crippen LogP contribution in [-0.4, -0.2) is 20.5 Å². The van der Waals surface area contributed by atoms with Crippen LogP contribution in [0.4, 0.5) is 0 Å². The monoisotopic (exact) mass is 396 g/mol. The normalized spacial score (nSPS) is 10.9. The summed E-state index contributed by atoms with van der Waals surface area (Å²) in [4.78, 5) is 16.5. The van der Waals surface area contributed by atoms with Gasteiger partial charge in [0.15, 0.2) is 5.65 Å². The molecule has 0 aliphatic carbocycles. The van der Waals surface area contributed by atoms with Crippen LogP contribution in [0.3, 0.4) is 0 Å². The first-order valence-electron chi connectivity index (χ1n) is 7.62. The maximum atomic E-state index is 12.4. The zero-order chi connectivity index (χ0) is 17.2. The van der Waals surface area contributed by atoms with Gasteiger partial charge in [-0.3, -0.25) is 4.79 Å². The molecule has 0 bridgehead atoms. The van der Waals surface area contributed by atoms with Gasteiger partial charge in [-0.25, -0.2) is 9.50 Å². The Bertz CT molecular complexity index is 1040. The molecule has 4 rings (SSSR count). The Morgan fingerprint density at radius 1 is 1.20 bits per heavy atom. The second kappa shape index (κ2) is 6.52. The fourth-order valence-corrected chi connectivity index (χ4v) is 2.76. The van der Waals surface area contributed by atoms with E-state index >= 15 is 0 Å². The summed E-state index contributed by atoms with van der Waals surface area (Å²) in [5.41, 5.74) is 1.93. The fourth-order valence-electron chi connectivity index (χ4n) is 2.49. The van der Waals surface area contributed by atoms with Gasteiger partial charge in [-0.2, -0.15) is 5.10 Å². The van der Waals surface area contributed by atoms with E-state index < -0.39 is 0 Å². The predicted octanol–water partition coefficient (Wildman–Crippen LogP) is 3.68. The molecule has 0 spiro atoms. The number of halogens is 1. The molecular formula is C18H13BrN4O2. The van der Waals surface area contributed by atoms with Crippen LogP contribution < -0.4 is 5.32 Å². The number of furan rings is 1. The molecule has 3 heterocycles. The van der Waals surface area contributed by atoms with Gasteiger partial charge < -0.3 is 9.73 Å². The molecule has 0 radical (unpaired) electrons. The van der Waals surface area contributed by atoms with Crippen LogP contribution >= 0.6 is 15.9 Å². The molecule has 25 heavy (non-hydrogen) atoms. The Balaban J connectivity index is 1.46. The average molecular weight is 397 g/mol. The highest BCUT2D eigenvalue weighted by Crippen LogP contribution is 2.24. The van der Waals surface area contributed by atoms with E-state index in [-0.39, 0.29) is 5.91 Å². The molecule has 0 atom stereocenters. The molecule has 6 nitrogen and oxygen atoms in total. The van der Waals surface area contributed by atoms with Crippen molar-refractivity contribution in [3.05, 3.63) is 76.9 Å². The highest BCUT2D eigenvalue weighted by atomic mass is 79.9. The van der Waals surface area contributed by atoms with Crippen molar-refractivity contribution in [3.63, 3.8) is 0 Å². The van der Waals surface area contributed by atoms with E-state index in [0.29, 0.717) is 23.5 Å². The number of benzene rings is 1. The fraction of sp³-hybridized carbons (Fsp3) is 0.0556. The number of aromatic nitrogens is 3. The number of amides is 1. The van der Waals surface area contributed by atoms with Crippen LogP contribution in [0, 0.1) is 0 Å². The molecule has 1 aromatic carbocycles. The van der Waals surface area contributed by atoms with E-state index in [0.717, 1.165) is 15.8 Å². The first kappa shape index (κ1) is 15.6. The zero-order valence-electron chi connectivity index (χ0n) is 13.0. The molecule has 1 amide bonds. The van der Waals surface area contributed by atoms with E-state index in [1.54, 1.807) is 23.0 Å². The minimum Gasteiger partial charge on any atom is -0.459 e. The molecule has 0 aliphatic heterocycles. The Morgan fingerprint density at radius 2 is 2.04 bits per heavy atom. The largest absolute Gasteiger partial charge is 0.459 e. The molecule has 0 unspecified atom stereocenters. The van der Waals surface area contributed by atoms with Gasteiger partial charge in [-0.15, -0.1) is 0 Å². The van der Waals surface area contributed by atoms with Crippen LogP contribution in [0.2, 0.25) is 0 Å². The summed E-state index contributed by atoms with van der Waals surface area (Å²) in [7, 11) is 0. The molecular weight excluding hydrogens is 384 g/mol. The summed E-state index contributed by atoms with van der Waals surface area (Å²) >= 11 is 3.41. The van der Waals surface area contributed by atoms with Crippen molar-refractivity contribution in [1.29, 1.82) is 0 Å². The SMILES string of the molecule is O=C(NCc1ccc(-c2ccc(Br)cc2)o1)c1cnn2cccnc12. The van der Waals surface area contributed by atoms with E-state index in [4.69, 9.17) is 4.42 Å². The number of hydrogen-bond donors (Lipinski definition) is 1. The number of hydrogen-bond acceptors (Lipinski definition) is 4. The van der Waals surface area contributed by atoms with Gasteiger partial charge in [0.05, 0.1) is 12.7 Å². The highest BCUT2D eigenvalue weighted by molar-refractivity contribution is 9.10. The average Bonchev–Trinajstić information content (AvgIpc) is 3.27. The van der Waals surface area contributed by atoms with Crippen molar-refractivity contribution in [2.45, 2.75) is 6.54 Å². The number of carbonyl (C=O) groups is 1. The topological polar surface area (TPSA) is 72.4 Å². The van der Waals surface area contributed by atoms with Crippen molar-refractivity contribution in [2.75, 3.05) is 0 Å². The summed E-state index contributed by atoms with van der Waals surface area (Å²) in [6.45, 7) is 0.291. The lowest BCUT2D eigenvalue weighted by Crippen LogP contribution is -2.22. The molecule has 0 saturated heterocycles. The van der Waals surface area contributed by atoms with Crippen LogP contribution in [0.15, 0.2) is 69.9 Å². The van der Waals surface area contributed by atoms with Gasteiger partial charge in [0, 0.05) is 22.4 Å². The maximum absolute atomic E-state index is 12.4. The molecule has 3 aromatic heterocycles. The van der Waals surface area contributed by atoms with Crippen molar-refractivity contribution in [1.82, 2.24) is 19.9 Å². The second-order valence-electron chi connectivity index (χ2n) is 5.40. The number of carbonyl (C=O) groups excluding carboxylic acids is 1. The van der Waals surface area contributed by atoms with Crippen LogP contribution in [0.25, 0.3) is 17.0 Å². The summed E-state index contributed by atoms with van der Waals surface area (Å²) < 4.78 is 8.37. The maximum Gasteiger partial charge on any atom is 0.257 e. The van der Waals surface area contributed by atoms with E-state index in [9.17, 15) is 4.79 Å². The van der Waals surface area contributed by atoms with Crippen molar-refractivity contribution < 1.29 is 9.21 Å². The molecule has 1 N–H and O–H groups in total. The predicted molar refractivity (Wildman–Crippen MR) is 96.0 cm³/mol. The number of nitrogens with zero attached hydrogens (tertiary/aromatic N) is 3. The Labute approximate surface area is 151 Å². The third-order valence-electron chi connectivity index (χ3n) is 3.74. The molecule has 0 saturated carbocycles. The van der Waals surface area contributed by atoms with E-state index in [1.807, 2.05) is 36.4 Å². The minimum atomic E-state index is -0.240. The highest BCUT2D eigenvalue weighted by Gasteiger charge is 2.14. The third-order valence-corrected chi connectivity index (χ3v) is 4.27. The Morgan fingerprint density at radius 3 is 2.88 bits per heavy atom. The number of nitrogens with one attached hydrogen (secondary N) is 1. The van der Waals surface area contributed by atoms with Gasteiger partial charge in [-0.05, 0) is 30.3 Å². The van der Waals surface area contributed by atoms with Crippen LogP contribution in [0.5, 0.6) is 0 Å². The van der Waals surface area contributed by atoms with E-state index in [1.165, 1.54) is 6.20 Å². The summed E-state index contributed by atoms with van der Waals surface area (Å²) in [6.07, 6.45) is 4.88. The van der Waals surface area contributed by atoms with Gasteiger partial charge in [-0.1, -0.05) is 28.1 Å². The summed E-state index contributed by atoms with van der Waals surface area (Å²) in [5, 5.41) is 6.95. The minimum absolute atomic E-state index is 0.240. The molecule has 0 aliphatic rings. The lowest BCUT2D eigenvalue weighted by Gasteiger charge is -2.02.